The van der Waals surface area contributed by atoms with Gasteiger partial charge >= 0.3 is 5.97 Å². The van der Waals surface area contributed by atoms with Crippen molar-refractivity contribution in [1.29, 1.82) is 0 Å². The van der Waals surface area contributed by atoms with Crippen molar-refractivity contribution in [2.45, 2.75) is 26.3 Å². The molecule has 1 fully saturated rings. The first kappa shape index (κ1) is 15.8. The maximum atomic E-state index is 11.9. The van der Waals surface area contributed by atoms with E-state index >= 15 is 0 Å². The van der Waals surface area contributed by atoms with Gasteiger partial charge in [-0.05, 0) is 24.5 Å². The first-order chi connectivity index (χ1) is 11.1. The fourth-order valence-corrected chi connectivity index (χ4v) is 2.98. The third-order valence-electron chi connectivity index (χ3n) is 4.03. The van der Waals surface area contributed by atoms with Crippen LogP contribution in [0.5, 0.6) is 0 Å². The van der Waals surface area contributed by atoms with E-state index in [1.165, 1.54) is 7.11 Å². The molecular formula is C17H22N2O4. The normalized spacial score (nSPS) is 18.6. The van der Waals surface area contributed by atoms with Gasteiger partial charge in [0, 0.05) is 6.54 Å². The van der Waals surface area contributed by atoms with Gasteiger partial charge in [0.15, 0.2) is 5.58 Å². The number of hydrogen-bond donors (Lipinski definition) is 0. The summed E-state index contributed by atoms with van der Waals surface area (Å²) >= 11 is 0. The number of carbonyl (C=O) groups excluding carboxylic acids is 1. The number of benzene rings is 1. The highest BCUT2D eigenvalue weighted by Gasteiger charge is 2.28. The number of nitrogens with zero attached hydrogens (tertiary/aromatic N) is 2. The Morgan fingerprint density at radius 2 is 2.30 bits per heavy atom. The number of fused-ring (bicyclic) bond motifs is 1. The molecule has 0 saturated carbocycles. The number of morpholine rings is 1. The van der Waals surface area contributed by atoms with Crippen molar-refractivity contribution in [3.05, 3.63) is 23.8 Å². The Morgan fingerprint density at radius 3 is 3.04 bits per heavy atom. The Bertz CT molecular complexity index is 695. The van der Waals surface area contributed by atoms with Crippen molar-refractivity contribution in [3.8, 4) is 0 Å². The molecule has 1 atom stereocenters. The monoisotopic (exact) mass is 318 g/mol. The number of hydrogen-bond acceptors (Lipinski definition) is 6. The molecule has 0 N–H and O–H groups in total. The van der Waals surface area contributed by atoms with E-state index in [0.717, 1.165) is 13.0 Å². The number of aromatic nitrogens is 1. The van der Waals surface area contributed by atoms with Gasteiger partial charge in [0.1, 0.15) is 5.52 Å². The summed E-state index contributed by atoms with van der Waals surface area (Å²) in [5, 5.41) is 0. The predicted octanol–water partition coefficient (Wildman–Crippen LogP) is 2.87. The topological polar surface area (TPSA) is 64.8 Å². The Labute approximate surface area is 135 Å². The SMILES string of the molecule is COC(=O)c1cccc2oc(N3CCOC[C@@H]3CC(C)C)nc12. The summed E-state index contributed by atoms with van der Waals surface area (Å²) in [5.74, 6) is 0.148. The Morgan fingerprint density at radius 1 is 1.48 bits per heavy atom. The zero-order chi connectivity index (χ0) is 16.4. The summed E-state index contributed by atoms with van der Waals surface area (Å²) in [5.41, 5.74) is 1.57. The van der Waals surface area contributed by atoms with E-state index in [4.69, 9.17) is 13.9 Å². The van der Waals surface area contributed by atoms with Gasteiger partial charge in [0.2, 0.25) is 0 Å². The molecule has 1 aromatic carbocycles. The van der Waals surface area contributed by atoms with Gasteiger partial charge in [-0.15, -0.1) is 0 Å². The van der Waals surface area contributed by atoms with E-state index in [9.17, 15) is 4.79 Å². The summed E-state index contributed by atoms with van der Waals surface area (Å²) in [4.78, 5) is 18.6. The average Bonchev–Trinajstić information content (AvgIpc) is 2.97. The summed E-state index contributed by atoms with van der Waals surface area (Å²) in [6.45, 7) is 6.43. The summed E-state index contributed by atoms with van der Waals surface area (Å²) in [6, 6.07) is 6.07. The molecule has 1 aromatic heterocycles. The standard InChI is InChI=1S/C17H22N2O4/c1-11(2)9-12-10-22-8-7-19(12)17-18-15-13(16(20)21-3)5-4-6-14(15)23-17/h4-6,11-12H,7-10H2,1-3H3/t12-/m0/s1. The molecule has 1 aliphatic rings. The average molecular weight is 318 g/mol. The van der Waals surface area contributed by atoms with Crippen LogP contribution < -0.4 is 4.90 Å². The van der Waals surface area contributed by atoms with Crippen molar-refractivity contribution >= 4 is 23.1 Å². The molecule has 23 heavy (non-hydrogen) atoms. The highest BCUT2D eigenvalue weighted by molar-refractivity contribution is 6.01. The molecule has 3 rings (SSSR count). The van der Waals surface area contributed by atoms with Crippen LogP contribution in [0, 0.1) is 5.92 Å². The van der Waals surface area contributed by atoms with Gasteiger partial charge in [0.25, 0.3) is 6.01 Å². The molecule has 2 heterocycles. The van der Waals surface area contributed by atoms with E-state index in [1.807, 2.05) is 6.07 Å². The number of methoxy groups -OCH3 is 1. The number of para-hydroxylation sites is 1. The predicted molar refractivity (Wildman–Crippen MR) is 86.8 cm³/mol. The van der Waals surface area contributed by atoms with Crippen LogP contribution in [-0.4, -0.2) is 43.9 Å². The maximum Gasteiger partial charge on any atom is 0.340 e. The van der Waals surface area contributed by atoms with Crippen LogP contribution >= 0.6 is 0 Å². The first-order valence-electron chi connectivity index (χ1n) is 7.92. The second kappa shape index (κ2) is 6.58. The molecule has 0 aliphatic carbocycles. The lowest BCUT2D eigenvalue weighted by molar-refractivity contribution is 0.0602. The molecule has 0 unspecified atom stereocenters. The molecule has 0 bridgehead atoms. The van der Waals surface area contributed by atoms with Gasteiger partial charge in [-0.3, -0.25) is 0 Å². The van der Waals surface area contributed by atoms with Crippen molar-refractivity contribution in [2.75, 3.05) is 31.8 Å². The van der Waals surface area contributed by atoms with Crippen LogP contribution in [-0.2, 0) is 9.47 Å². The Kier molecular flexibility index (Phi) is 4.52. The van der Waals surface area contributed by atoms with Crippen molar-refractivity contribution in [1.82, 2.24) is 4.98 Å². The molecule has 1 aliphatic heterocycles. The molecule has 124 valence electrons. The maximum absolute atomic E-state index is 11.9. The summed E-state index contributed by atoms with van der Waals surface area (Å²) < 4.78 is 16.3. The minimum absolute atomic E-state index is 0.235. The molecular weight excluding hydrogens is 296 g/mol. The Hall–Kier alpha value is -2.08. The zero-order valence-corrected chi connectivity index (χ0v) is 13.7. The molecule has 2 aromatic rings. The lowest BCUT2D eigenvalue weighted by atomic mass is 10.0. The quantitative estimate of drug-likeness (QED) is 0.808. The fourth-order valence-electron chi connectivity index (χ4n) is 2.98. The number of rotatable bonds is 4. The smallest absolute Gasteiger partial charge is 0.340 e. The van der Waals surface area contributed by atoms with Crippen LogP contribution in [0.4, 0.5) is 6.01 Å². The van der Waals surface area contributed by atoms with Crippen LogP contribution in [0.15, 0.2) is 22.6 Å². The van der Waals surface area contributed by atoms with Gasteiger partial charge in [-0.2, -0.15) is 4.98 Å². The van der Waals surface area contributed by atoms with Crippen molar-refractivity contribution < 1.29 is 18.7 Å². The van der Waals surface area contributed by atoms with E-state index in [-0.39, 0.29) is 6.04 Å². The molecule has 6 nitrogen and oxygen atoms in total. The molecule has 0 amide bonds. The van der Waals surface area contributed by atoms with E-state index in [0.29, 0.717) is 41.8 Å². The molecule has 0 radical (unpaired) electrons. The van der Waals surface area contributed by atoms with Gasteiger partial charge in [0.05, 0.1) is 31.9 Å². The minimum atomic E-state index is -0.406. The summed E-state index contributed by atoms with van der Waals surface area (Å²) in [7, 11) is 1.36. The third kappa shape index (κ3) is 3.17. The van der Waals surface area contributed by atoms with Crippen LogP contribution in [0.3, 0.4) is 0 Å². The lowest BCUT2D eigenvalue weighted by Gasteiger charge is -2.35. The van der Waals surface area contributed by atoms with E-state index < -0.39 is 5.97 Å². The van der Waals surface area contributed by atoms with Crippen molar-refractivity contribution in [2.24, 2.45) is 5.92 Å². The second-order valence-corrected chi connectivity index (χ2v) is 6.19. The van der Waals surface area contributed by atoms with Crippen LogP contribution in [0.25, 0.3) is 11.1 Å². The number of esters is 1. The number of oxazole rings is 1. The number of ether oxygens (including phenoxy) is 2. The second-order valence-electron chi connectivity index (χ2n) is 6.19. The summed E-state index contributed by atoms with van der Waals surface area (Å²) in [6.07, 6.45) is 1.00. The van der Waals surface area contributed by atoms with E-state index in [2.05, 4.69) is 23.7 Å². The van der Waals surface area contributed by atoms with Gasteiger partial charge in [-0.1, -0.05) is 19.9 Å². The number of carbonyl (C=O) groups is 1. The zero-order valence-electron chi connectivity index (χ0n) is 13.7. The minimum Gasteiger partial charge on any atom is -0.465 e. The molecule has 1 saturated heterocycles. The highest BCUT2D eigenvalue weighted by Crippen LogP contribution is 2.28. The van der Waals surface area contributed by atoms with Gasteiger partial charge in [-0.25, -0.2) is 4.79 Å². The largest absolute Gasteiger partial charge is 0.465 e. The number of anilines is 1. The third-order valence-corrected chi connectivity index (χ3v) is 4.03. The van der Waals surface area contributed by atoms with Crippen LogP contribution in [0.1, 0.15) is 30.6 Å². The van der Waals surface area contributed by atoms with E-state index in [1.54, 1.807) is 12.1 Å². The fraction of sp³-hybridized carbons (Fsp3) is 0.529. The van der Waals surface area contributed by atoms with Crippen molar-refractivity contribution in [3.63, 3.8) is 0 Å². The first-order valence-corrected chi connectivity index (χ1v) is 7.92. The highest BCUT2D eigenvalue weighted by atomic mass is 16.5. The Balaban J connectivity index is 1.97. The van der Waals surface area contributed by atoms with Gasteiger partial charge < -0.3 is 18.8 Å². The molecule has 6 heteroatoms. The molecule has 0 spiro atoms. The lowest BCUT2D eigenvalue weighted by Crippen LogP contribution is -2.46. The van der Waals surface area contributed by atoms with Crippen LogP contribution in [0.2, 0.25) is 0 Å².